The van der Waals surface area contributed by atoms with Crippen LogP contribution in [0.5, 0.6) is 5.75 Å². The number of hydrogen-bond donors (Lipinski definition) is 2. The lowest BCUT2D eigenvalue weighted by Crippen LogP contribution is -2.45. The van der Waals surface area contributed by atoms with Crippen LogP contribution in [0.15, 0.2) is 54.6 Å². The number of hydrogen-bond acceptors (Lipinski definition) is 5. The van der Waals surface area contributed by atoms with E-state index in [1.807, 2.05) is 42.5 Å². The molecule has 2 N–H and O–H groups in total. The Morgan fingerprint density at radius 3 is 2.37 bits per heavy atom. The molecule has 6 heteroatoms. The van der Waals surface area contributed by atoms with Gasteiger partial charge in [0.25, 0.3) is 5.91 Å². The molecule has 1 saturated carbocycles. The Labute approximate surface area is 178 Å². The van der Waals surface area contributed by atoms with Gasteiger partial charge in [0, 0.05) is 17.4 Å². The summed E-state index contributed by atoms with van der Waals surface area (Å²) in [5, 5.41) is 6.27. The molecule has 160 valence electrons. The lowest BCUT2D eigenvalue weighted by molar-refractivity contribution is -0.150. The summed E-state index contributed by atoms with van der Waals surface area (Å²) in [5.74, 6) is 0.753. The van der Waals surface area contributed by atoms with E-state index < -0.39 is 5.97 Å². The number of rotatable bonds is 8. The number of nitrogens with one attached hydrogen (secondary N) is 2. The highest BCUT2D eigenvalue weighted by Gasteiger charge is 2.28. The molecule has 30 heavy (non-hydrogen) atoms. The van der Waals surface area contributed by atoms with E-state index >= 15 is 0 Å². The molecule has 0 saturated heterocycles. The second-order valence-electron chi connectivity index (χ2n) is 7.91. The molecule has 0 bridgehead atoms. The molecule has 0 unspecified atom stereocenters. The molecule has 0 radical (unpaired) electrons. The number of carbonyl (C=O) groups is 2. The van der Waals surface area contributed by atoms with Gasteiger partial charge in [-0.15, -0.1) is 0 Å². The monoisotopic (exact) mass is 410 g/mol. The largest absolute Gasteiger partial charge is 0.482 e. The second-order valence-corrected chi connectivity index (χ2v) is 7.91. The molecule has 0 aromatic heterocycles. The Kier molecular flexibility index (Phi) is 7.71. The first-order valence-electron chi connectivity index (χ1n) is 10.5. The molecule has 2 aromatic carbocycles. The van der Waals surface area contributed by atoms with Gasteiger partial charge in [0.15, 0.2) is 13.2 Å². The normalized spacial score (nSPS) is 20.8. The van der Waals surface area contributed by atoms with Crippen LogP contribution in [-0.2, 0) is 14.3 Å². The third kappa shape index (κ3) is 6.51. The number of ether oxygens (including phenoxy) is 2. The number of anilines is 2. The molecular formula is C24H30N2O4. The quantitative estimate of drug-likeness (QED) is 0.635. The van der Waals surface area contributed by atoms with E-state index in [2.05, 4.69) is 24.5 Å². The molecule has 1 aliphatic rings. The summed E-state index contributed by atoms with van der Waals surface area (Å²) >= 11 is 0. The van der Waals surface area contributed by atoms with Crippen LogP contribution in [0, 0.1) is 11.8 Å². The molecule has 0 heterocycles. The van der Waals surface area contributed by atoms with E-state index in [0.717, 1.165) is 24.2 Å². The fraction of sp³-hybridized carbons (Fsp3) is 0.417. The second kappa shape index (κ2) is 10.7. The van der Waals surface area contributed by atoms with Crippen LogP contribution in [0.25, 0.3) is 0 Å². The van der Waals surface area contributed by atoms with Gasteiger partial charge in [0.1, 0.15) is 5.75 Å². The van der Waals surface area contributed by atoms with Crippen molar-refractivity contribution in [1.29, 1.82) is 0 Å². The van der Waals surface area contributed by atoms with E-state index in [1.54, 1.807) is 12.1 Å². The summed E-state index contributed by atoms with van der Waals surface area (Å²) in [6.07, 6.45) is 3.29. The third-order valence-electron chi connectivity index (χ3n) is 5.69. The number of amides is 1. The SMILES string of the molecule is C[C@@H]1[C@H](C)CCC[C@@H]1NC(=O)COC(=O)COc1ccc(Nc2ccccc2)cc1. The van der Waals surface area contributed by atoms with Gasteiger partial charge in [0.05, 0.1) is 0 Å². The van der Waals surface area contributed by atoms with E-state index in [-0.39, 0.29) is 25.2 Å². The molecule has 1 fully saturated rings. The van der Waals surface area contributed by atoms with E-state index in [1.165, 1.54) is 6.42 Å². The predicted molar refractivity (Wildman–Crippen MR) is 117 cm³/mol. The summed E-state index contributed by atoms with van der Waals surface area (Å²) in [5.41, 5.74) is 1.91. The smallest absolute Gasteiger partial charge is 0.344 e. The Balaban J connectivity index is 1.36. The van der Waals surface area contributed by atoms with Crippen molar-refractivity contribution in [2.24, 2.45) is 11.8 Å². The van der Waals surface area contributed by atoms with Crippen molar-refractivity contribution in [3.63, 3.8) is 0 Å². The minimum absolute atomic E-state index is 0.152. The molecule has 3 atom stereocenters. The zero-order chi connectivity index (χ0) is 21.3. The van der Waals surface area contributed by atoms with Gasteiger partial charge in [-0.05, 0) is 54.7 Å². The molecule has 6 nitrogen and oxygen atoms in total. The van der Waals surface area contributed by atoms with Gasteiger partial charge in [-0.2, -0.15) is 0 Å². The first-order valence-corrected chi connectivity index (χ1v) is 10.5. The van der Waals surface area contributed by atoms with Gasteiger partial charge in [0.2, 0.25) is 0 Å². The fourth-order valence-electron chi connectivity index (χ4n) is 3.69. The van der Waals surface area contributed by atoms with Gasteiger partial charge >= 0.3 is 5.97 Å². The molecular weight excluding hydrogens is 380 g/mol. The molecule has 0 spiro atoms. The molecule has 1 aliphatic carbocycles. The van der Waals surface area contributed by atoms with E-state index in [0.29, 0.717) is 17.6 Å². The minimum atomic E-state index is -0.568. The highest BCUT2D eigenvalue weighted by atomic mass is 16.6. The Bertz CT molecular complexity index is 823. The standard InChI is InChI=1S/C24H30N2O4/c1-17-7-6-10-22(18(17)2)26-23(27)15-30-24(28)16-29-21-13-11-20(12-14-21)25-19-8-4-3-5-9-19/h3-5,8-9,11-14,17-18,22,25H,6-7,10,15-16H2,1-2H3,(H,26,27)/t17-,18-,22+/m1/s1. The number of esters is 1. The zero-order valence-electron chi connectivity index (χ0n) is 17.6. The summed E-state index contributed by atoms with van der Waals surface area (Å²) in [6, 6.07) is 17.3. The molecule has 0 aliphatic heterocycles. The Morgan fingerprint density at radius 1 is 0.933 bits per heavy atom. The summed E-state index contributed by atoms with van der Waals surface area (Å²) in [7, 11) is 0. The maximum absolute atomic E-state index is 12.1. The van der Waals surface area contributed by atoms with Crippen molar-refractivity contribution in [2.45, 2.75) is 39.2 Å². The summed E-state index contributed by atoms with van der Waals surface area (Å²) < 4.78 is 10.5. The van der Waals surface area contributed by atoms with Crippen LogP contribution in [0.1, 0.15) is 33.1 Å². The highest BCUT2D eigenvalue weighted by molar-refractivity contribution is 5.81. The van der Waals surface area contributed by atoms with Gasteiger partial charge in [-0.3, -0.25) is 4.79 Å². The summed E-state index contributed by atoms with van der Waals surface area (Å²) in [4.78, 5) is 24.0. The van der Waals surface area contributed by atoms with Gasteiger partial charge < -0.3 is 20.1 Å². The minimum Gasteiger partial charge on any atom is -0.482 e. The van der Waals surface area contributed by atoms with Crippen molar-refractivity contribution in [2.75, 3.05) is 18.5 Å². The highest BCUT2D eigenvalue weighted by Crippen LogP contribution is 2.29. The lowest BCUT2D eigenvalue weighted by Gasteiger charge is -2.34. The number of carbonyl (C=O) groups excluding carboxylic acids is 2. The Morgan fingerprint density at radius 2 is 1.63 bits per heavy atom. The van der Waals surface area contributed by atoms with Gasteiger partial charge in [-0.1, -0.05) is 44.9 Å². The van der Waals surface area contributed by atoms with E-state index in [4.69, 9.17) is 9.47 Å². The van der Waals surface area contributed by atoms with Crippen molar-refractivity contribution in [3.8, 4) is 5.75 Å². The zero-order valence-corrected chi connectivity index (χ0v) is 17.6. The maximum atomic E-state index is 12.1. The van der Waals surface area contributed by atoms with Crippen LogP contribution in [0.2, 0.25) is 0 Å². The van der Waals surface area contributed by atoms with Crippen LogP contribution >= 0.6 is 0 Å². The number of benzene rings is 2. The summed E-state index contributed by atoms with van der Waals surface area (Å²) in [6.45, 7) is 3.86. The van der Waals surface area contributed by atoms with Gasteiger partial charge in [-0.25, -0.2) is 4.79 Å². The van der Waals surface area contributed by atoms with Crippen LogP contribution in [-0.4, -0.2) is 31.1 Å². The average molecular weight is 411 g/mol. The molecule has 2 aromatic rings. The van der Waals surface area contributed by atoms with Crippen molar-refractivity contribution in [3.05, 3.63) is 54.6 Å². The first kappa shape index (κ1) is 21.7. The Hall–Kier alpha value is -3.02. The van der Waals surface area contributed by atoms with Crippen LogP contribution < -0.4 is 15.4 Å². The average Bonchev–Trinajstić information content (AvgIpc) is 2.76. The topological polar surface area (TPSA) is 76.7 Å². The van der Waals surface area contributed by atoms with Crippen molar-refractivity contribution in [1.82, 2.24) is 5.32 Å². The van der Waals surface area contributed by atoms with Crippen molar-refractivity contribution < 1.29 is 19.1 Å². The van der Waals surface area contributed by atoms with Crippen LogP contribution in [0.4, 0.5) is 11.4 Å². The van der Waals surface area contributed by atoms with Crippen molar-refractivity contribution >= 4 is 23.3 Å². The molecule has 1 amide bonds. The lowest BCUT2D eigenvalue weighted by atomic mass is 9.78. The number of para-hydroxylation sites is 1. The fourth-order valence-corrected chi connectivity index (χ4v) is 3.69. The maximum Gasteiger partial charge on any atom is 0.344 e. The van der Waals surface area contributed by atoms with E-state index in [9.17, 15) is 9.59 Å². The first-order chi connectivity index (χ1) is 14.5. The third-order valence-corrected chi connectivity index (χ3v) is 5.69. The predicted octanol–water partition coefficient (Wildman–Crippen LogP) is 4.29. The van der Waals surface area contributed by atoms with Crippen LogP contribution in [0.3, 0.4) is 0 Å². The molecule has 3 rings (SSSR count).